The lowest BCUT2D eigenvalue weighted by atomic mass is 10.1. The molecule has 1 atom stereocenters. The molecule has 2 aromatic heterocycles. The van der Waals surface area contributed by atoms with Gasteiger partial charge >= 0.3 is 0 Å². The van der Waals surface area contributed by atoms with Gasteiger partial charge in [-0.3, -0.25) is 4.90 Å². The van der Waals surface area contributed by atoms with E-state index in [4.69, 9.17) is 0 Å². The Balaban J connectivity index is 1.85. The van der Waals surface area contributed by atoms with Crippen LogP contribution in [0.25, 0.3) is 0 Å². The van der Waals surface area contributed by atoms with E-state index in [9.17, 15) is 8.42 Å². The Bertz CT molecular complexity index is 1040. The summed E-state index contributed by atoms with van der Waals surface area (Å²) in [6.45, 7) is 6.94. The maximum absolute atomic E-state index is 12.6. The number of sulfone groups is 1. The first-order valence-corrected chi connectivity index (χ1v) is 12.3. The van der Waals surface area contributed by atoms with Crippen LogP contribution in [0.4, 0.5) is 0 Å². The minimum absolute atomic E-state index is 0.0411. The number of benzene rings is 1. The van der Waals surface area contributed by atoms with Crippen LogP contribution in [0.1, 0.15) is 41.8 Å². The molecule has 0 N–H and O–H groups in total. The first-order valence-electron chi connectivity index (χ1n) is 9.75. The summed E-state index contributed by atoms with van der Waals surface area (Å²) in [6.07, 6.45) is 2.45. The fraction of sp³-hybridized carbons (Fsp3) is 0.429. The third-order valence-corrected chi connectivity index (χ3v) is 7.87. The van der Waals surface area contributed by atoms with Gasteiger partial charge in [-0.15, -0.1) is 11.3 Å². The van der Waals surface area contributed by atoms with E-state index in [-0.39, 0.29) is 17.0 Å². The van der Waals surface area contributed by atoms with E-state index in [0.717, 1.165) is 22.8 Å². The molecule has 3 aromatic rings. The second-order valence-electron chi connectivity index (χ2n) is 7.24. The third-order valence-electron chi connectivity index (χ3n) is 5.09. The van der Waals surface area contributed by atoms with Gasteiger partial charge in [0.1, 0.15) is 5.01 Å². The van der Waals surface area contributed by atoms with Crippen molar-refractivity contribution in [1.29, 1.82) is 0 Å². The SMILES string of the molecule is CCS(=O)(=O)c1ncc(CN(C)[C@@H](C)c2nc(C)cs2)n1CCc1ccccc1. The molecule has 0 aliphatic rings. The van der Waals surface area contributed by atoms with Crippen LogP contribution in [0.3, 0.4) is 0 Å². The minimum Gasteiger partial charge on any atom is -0.317 e. The lowest BCUT2D eigenvalue weighted by molar-refractivity contribution is 0.245. The van der Waals surface area contributed by atoms with Gasteiger partial charge in [-0.2, -0.15) is 0 Å². The Kier molecular flexibility index (Phi) is 6.87. The number of thiazole rings is 1. The molecule has 8 heteroatoms. The second kappa shape index (κ2) is 9.19. The third kappa shape index (κ3) is 5.12. The van der Waals surface area contributed by atoms with Gasteiger partial charge in [-0.1, -0.05) is 37.3 Å². The number of imidazole rings is 1. The summed E-state index contributed by atoms with van der Waals surface area (Å²) < 4.78 is 27.0. The molecule has 0 aliphatic carbocycles. The molecule has 0 amide bonds. The fourth-order valence-corrected chi connectivity index (χ4v) is 5.10. The molecule has 156 valence electrons. The maximum Gasteiger partial charge on any atom is 0.227 e. The van der Waals surface area contributed by atoms with E-state index in [1.54, 1.807) is 24.5 Å². The zero-order chi connectivity index (χ0) is 21.0. The molecule has 2 heterocycles. The Hall–Kier alpha value is -2.03. The molecule has 0 aliphatic heterocycles. The summed E-state index contributed by atoms with van der Waals surface area (Å²) in [5.41, 5.74) is 3.09. The van der Waals surface area contributed by atoms with Crippen LogP contribution >= 0.6 is 11.3 Å². The Morgan fingerprint density at radius 3 is 2.59 bits per heavy atom. The fourth-order valence-electron chi connectivity index (χ4n) is 3.17. The van der Waals surface area contributed by atoms with Gasteiger partial charge in [-0.25, -0.2) is 18.4 Å². The number of hydrogen-bond acceptors (Lipinski definition) is 6. The second-order valence-corrected chi connectivity index (χ2v) is 10.3. The van der Waals surface area contributed by atoms with E-state index in [1.165, 1.54) is 5.56 Å². The largest absolute Gasteiger partial charge is 0.317 e. The summed E-state index contributed by atoms with van der Waals surface area (Å²) in [4.78, 5) is 11.1. The Morgan fingerprint density at radius 2 is 1.97 bits per heavy atom. The van der Waals surface area contributed by atoms with Crippen molar-refractivity contribution in [2.45, 2.75) is 51.5 Å². The van der Waals surface area contributed by atoms with Crippen molar-refractivity contribution in [2.24, 2.45) is 0 Å². The number of rotatable bonds is 9. The molecule has 3 rings (SSSR count). The van der Waals surface area contributed by atoms with E-state index < -0.39 is 9.84 Å². The van der Waals surface area contributed by atoms with E-state index >= 15 is 0 Å². The van der Waals surface area contributed by atoms with Crippen molar-refractivity contribution < 1.29 is 8.42 Å². The monoisotopic (exact) mass is 432 g/mol. The average Bonchev–Trinajstić information content (AvgIpc) is 3.33. The van der Waals surface area contributed by atoms with Crippen LogP contribution in [-0.4, -0.2) is 40.7 Å². The average molecular weight is 433 g/mol. The lowest BCUT2D eigenvalue weighted by Gasteiger charge is -2.23. The first-order chi connectivity index (χ1) is 13.8. The lowest BCUT2D eigenvalue weighted by Crippen LogP contribution is -2.24. The molecule has 1 aromatic carbocycles. The van der Waals surface area contributed by atoms with E-state index in [0.29, 0.717) is 13.1 Å². The zero-order valence-corrected chi connectivity index (χ0v) is 19.0. The molecule has 6 nitrogen and oxygen atoms in total. The molecule has 0 saturated carbocycles. The molecule has 0 saturated heterocycles. The van der Waals surface area contributed by atoms with E-state index in [1.807, 2.05) is 36.7 Å². The van der Waals surface area contributed by atoms with Gasteiger partial charge in [-0.05, 0) is 32.9 Å². The smallest absolute Gasteiger partial charge is 0.227 e. The molecular formula is C21H28N4O2S2. The first kappa shape index (κ1) is 21.7. The summed E-state index contributed by atoms with van der Waals surface area (Å²) in [5.74, 6) is 0.0411. The highest BCUT2D eigenvalue weighted by molar-refractivity contribution is 7.91. The van der Waals surface area contributed by atoms with Crippen molar-refractivity contribution in [3.8, 4) is 0 Å². The molecule has 0 fully saturated rings. The number of aromatic nitrogens is 3. The highest BCUT2D eigenvalue weighted by atomic mass is 32.2. The predicted octanol–water partition coefficient (Wildman–Crippen LogP) is 3.88. The van der Waals surface area contributed by atoms with Crippen molar-refractivity contribution in [3.63, 3.8) is 0 Å². The topological polar surface area (TPSA) is 68.1 Å². The van der Waals surface area contributed by atoms with E-state index in [2.05, 4.69) is 39.3 Å². The molecule has 0 spiro atoms. The molecule has 0 unspecified atom stereocenters. The summed E-state index contributed by atoms with van der Waals surface area (Å²) in [6, 6.07) is 10.2. The molecule has 29 heavy (non-hydrogen) atoms. The Morgan fingerprint density at radius 1 is 1.24 bits per heavy atom. The van der Waals surface area contributed by atoms with Gasteiger partial charge in [0.05, 0.1) is 23.7 Å². The number of nitrogens with zero attached hydrogens (tertiary/aromatic N) is 4. The van der Waals surface area contributed by atoms with Gasteiger partial charge in [0, 0.05) is 24.2 Å². The summed E-state index contributed by atoms with van der Waals surface area (Å²) >= 11 is 1.65. The highest BCUT2D eigenvalue weighted by Gasteiger charge is 2.23. The predicted molar refractivity (Wildman–Crippen MR) is 117 cm³/mol. The minimum atomic E-state index is -3.39. The van der Waals surface area contributed by atoms with Crippen LogP contribution in [0.5, 0.6) is 0 Å². The normalized spacial score (nSPS) is 13.1. The standard InChI is InChI=1S/C21H28N4O2S2/c1-5-29(26,27)21-22-13-19(25(21)12-11-18-9-7-6-8-10-18)14-24(4)17(3)20-23-16(2)15-28-20/h6-10,13,15,17H,5,11-12,14H2,1-4H3/t17-/m0/s1. The van der Waals surface area contributed by atoms with Crippen LogP contribution in [0, 0.1) is 6.92 Å². The quantitative estimate of drug-likeness (QED) is 0.513. The highest BCUT2D eigenvalue weighted by Crippen LogP contribution is 2.25. The number of aryl methyl sites for hydroxylation is 2. The molecular weight excluding hydrogens is 404 g/mol. The van der Waals surface area contributed by atoms with Crippen molar-refractivity contribution >= 4 is 21.2 Å². The number of hydrogen-bond donors (Lipinski definition) is 0. The van der Waals surface area contributed by atoms with Crippen molar-refractivity contribution in [2.75, 3.05) is 12.8 Å². The van der Waals surface area contributed by atoms with Gasteiger partial charge in [0.2, 0.25) is 15.0 Å². The van der Waals surface area contributed by atoms with Gasteiger partial charge < -0.3 is 4.57 Å². The summed E-state index contributed by atoms with van der Waals surface area (Å²) in [7, 11) is -1.36. The van der Waals surface area contributed by atoms with Crippen LogP contribution in [-0.2, 0) is 29.3 Å². The maximum atomic E-state index is 12.6. The summed E-state index contributed by atoms with van der Waals surface area (Å²) in [5, 5.41) is 3.27. The van der Waals surface area contributed by atoms with Gasteiger partial charge in [0.25, 0.3) is 0 Å². The van der Waals surface area contributed by atoms with Crippen LogP contribution < -0.4 is 0 Å². The van der Waals surface area contributed by atoms with Crippen molar-refractivity contribution in [3.05, 3.63) is 63.9 Å². The van der Waals surface area contributed by atoms with Crippen LogP contribution in [0.2, 0.25) is 0 Å². The van der Waals surface area contributed by atoms with Gasteiger partial charge in [0.15, 0.2) is 0 Å². The Labute approximate surface area is 177 Å². The molecule has 0 bridgehead atoms. The van der Waals surface area contributed by atoms with Crippen LogP contribution in [0.15, 0.2) is 47.1 Å². The molecule has 0 radical (unpaired) electrons. The van der Waals surface area contributed by atoms with Crippen molar-refractivity contribution in [1.82, 2.24) is 19.4 Å². The zero-order valence-electron chi connectivity index (χ0n) is 17.4.